The third kappa shape index (κ3) is 3.04. The van der Waals surface area contributed by atoms with Crippen LogP contribution in [0, 0.1) is 0 Å². The molecule has 0 amide bonds. The highest BCUT2D eigenvalue weighted by Crippen LogP contribution is 2.25. The van der Waals surface area contributed by atoms with Crippen LogP contribution in [0.5, 0.6) is 0 Å². The molecule has 1 aliphatic rings. The second-order valence-electron chi connectivity index (χ2n) is 5.83. The van der Waals surface area contributed by atoms with Gasteiger partial charge in [-0.25, -0.2) is 9.67 Å². The summed E-state index contributed by atoms with van der Waals surface area (Å²) < 4.78 is 2.01. The van der Waals surface area contributed by atoms with Gasteiger partial charge in [-0.05, 0) is 26.2 Å². The summed E-state index contributed by atoms with van der Waals surface area (Å²) in [5.74, 6) is 1.09. The van der Waals surface area contributed by atoms with Gasteiger partial charge in [-0.3, -0.25) is 4.90 Å². The van der Waals surface area contributed by atoms with E-state index in [-0.39, 0.29) is 5.54 Å². The molecule has 1 aromatic heterocycles. The zero-order chi connectivity index (χ0) is 14.6. The molecule has 20 heavy (non-hydrogen) atoms. The molecule has 0 radical (unpaired) electrons. The average Bonchev–Trinajstić information content (AvgIpc) is 2.94. The molecular weight excluding hydrogens is 250 g/mol. The van der Waals surface area contributed by atoms with Crippen molar-refractivity contribution < 1.29 is 0 Å². The maximum atomic E-state index is 4.44. The maximum Gasteiger partial charge on any atom is 0.141 e. The molecule has 1 saturated heterocycles. The van der Waals surface area contributed by atoms with Gasteiger partial charge < -0.3 is 5.32 Å². The Morgan fingerprint density at radius 2 is 2.05 bits per heavy atom. The normalized spacial score (nSPS) is 23.1. The molecule has 1 aromatic rings. The molecule has 0 aliphatic carbocycles. The van der Waals surface area contributed by atoms with Crippen LogP contribution in [-0.4, -0.2) is 44.3 Å². The van der Waals surface area contributed by atoms with Crippen LogP contribution in [0.25, 0.3) is 0 Å². The summed E-state index contributed by atoms with van der Waals surface area (Å²) >= 11 is 0. The summed E-state index contributed by atoms with van der Waals surface area (Å²) in [5, 5.41) is 8.08. The predicted molar refractivity (Wildman–Crippen MR) is 81.5 cm³/mol. The fourth-order valence-electron chi connectivity index (χ4n) is 3.20. The Morgan fingerprint density at radius 1 is 1.30 bits per heavy atom. The summed E-state index contributed by atoms with van der Waals surface area (Å²) in [4.78, 5) is 7.04. The summed E-state index contributed by atoms with van der Waals surface area (Å²) in [6, 6.07) is 0.600. The molecule has 2 rings (SSSR count). The molecule has 5 heteroatoms. The molecule has 1 atom stereocenters. The van der Waals surface area contributed by atoms with E-state index in [0.717, 1.165) is 32.0 Å². The zero-order valence-electron chi connectivity index (χ0n) is 13.4. The Labute approximate surface area is 122 Å². The molecule has 0 aromatic carbocycles. The van der Waals surface area contributed by atoms with Gasteiger partial charge in [0, 0.05) is 31.2 Å². The van der Waals surface area contributed by atoms with Crippen molar-refractivity contribution in [3.8, 4) is 0 Å². The first-order valence-corrected chi connectivity index (χ1v) is 8.03. The fourth-order valence-corrected chi connectivity index (χ4v) is 3.20. The van der Waals surface area contributed by atoms with Gasteiger partial charge >= 0.3 is 0 Å². The first-order valence-electron chi connectivity index (χ1n) is 8.03. The van der Waals surface area contributed by atoms with E-state index in [9.17, 15) is 0 Å². The van der Waals surface area contributed by atoms with Gasteiger partial charge in [-0.2, -0.15) is 5.10 Å². The number of nitrogens with zero attached hydrogens (tertiary/aromatic N) is 4. The largest absolute Gasteiger partial charge is 0.308 e. The molecule has 0 bridgehead atoms. The molecule has 5 nitrogen and oxygen atoms in total. The molecule has 1 aliphatic heterocycles. The Hall–Kier alpha value is -0.940. The topological polar surface area (TPSA) is 46.0 Å². The van der Waals surface area contributed by atoms with Crippen LogP contribution >= 0.6 is 0 Å². The lowest BCUT2D eigenvalue weighted by molar-refractivity contribution is 0.0611. The van der Waals surface area contributed by atoms with Gasteiger partial charge in [0.1, 0.15) is 12.2 Å². The Kier molecular flexibility index (Phi) is 5.16. The van der Waals surface area contributed by atoms with Crippen molar-refractivity contribution >= 4 is 0 Å². The van der Waals surface area contributed by atoms with Crippen LogP contribution in [-0.2, 0) is 13.1 Å². The van der Waals surface area contributed by atoms with E-state index in [0.29, 0.717) is 6.04 Å². The van der Waals surface area contributed by atoms with E-state index < -0.39 is 0 Å². The highest BCUT2D eigenvalue weighted by Gasteiger charge is 2.36. The van der Waals surface area contributed by atoms with Gasteiger partial charge in [0.2, 0.25) is 0 Å². The van der Waals surface area contributed by atoms with E-state index in [1.807, 2.05) is 4.68 Å². The molecule has 2 heterocycles. The number of hydrogen-bond acceptors (Lipinski definition) is 4. The number of hydrogen-bond donors (Lipinski definition) is 1. The number of nitrogens with one attached hydrogen (secondary N) is 1. The minimum atomic E-state index is 0.267. The Bertz CT molecular complexity index is 410. The second kappa shape index (κ2) is 6.68. The molecule has 0 saturated carbocycles. The molecule has 114 valence electrons. The van der Waals surface area contributed by atoms with Gasteiger partial charge in [0.05, 0.1) is 6.54 Å². The summed E-state index contributed by atoms with van der Waals surface area (Å²) in [5.41, 5.74) is 0.267. The summed E-state index contributed by atoms with van der Waals surface area (Å²) in [6.45, 7) is 13.0. The number of piperazine rings is 1. The first kappa shape index (κ1) is 15.4. The van der Waals surface area contributed by atoms with Crippen molar-refractivity contribution in [3.05, 3.63) is 12.2 Å². The van der Waals surface area contributed by atoms with E-state index in [2.05, 4.69) is 48.0 Å². The SMILES string of the molecule is CCC1CNC(CC)(CC)CN1Cc1ncnn1CC. The van der Waals surface area contributed by atoms with E-state index in [1.54, 1.807) is 6.33 Å². The van der Waals surface area contributed by atoms with Crippen molar-refractivity contribution in [2.75, 3.05) is 13.1 Å². The van der Waals surface area contributed by atoms with Gasteiger partial charge in [0.25, 0.3) is 0 Å². The highest BCUT2D eigenvalue weighted by atomic mass is 15.4. The number of rotatable bonds is 6. The first-order chi connectivity index (χ1) is 9.68. The number of aryl methyl sites for hydroxylation is 1. The smallest absolute Gasteiger partial charge is 0.141 e. The van der Waals surface area contributed by atoms with Gasteiger partial charge in [-0.15, -0.1) is 0 Å². The number of aromatic nitrogens is 3. The molecule has 1 unspecified atom stereocenters. The van der Waals surface area contributed by atoms with Crippen LogP contribution in [0.2, 0.25) is 0 Å². The molecule has 0 spiro atoms. The van der Waals surface area contributed by atoms with Crippen LogP contribution in [0.1, 0.15) is 52.8 Å². The third-order valence-electron chi connectivity index (χ3n) is 4.90. The van der Waals surface area contributed by atoms with Crippen molar-refractivity contribution in [2.24, 2.45) is 0 Å². The van der Waals surface area contributed by atoms with Crippen LogP contribution in [0.15, 0.2) is 6.33 Å². The third-order valence-corrected chi connectivity index (χ3v) is 4.90. The lowest BCUT2D eigenvalue weighted by atomic mass is 9.88. The van der Waals surface area contributed by atoms with Crippen molar-refractivity contribution in [2.45, 2.75) is 71.6 Å². The van der Waals surface area contributed by atoms with Crippen molar-refractivity contribution in [3.63, 3.8) is 0 Å². The minimum absolute atomic E-state index is 0.267. The fraction of sp³-hybridized carbons (Fsp3) is 0.867. The van der Waals surface area contributed by atoms with Crippen molar-refractivity contribution in [1.29, 1.82) is 0 Å². The summed E-state index contributed by atoms with van der Waals surface area (Å²) in [7, 11) is 0. The lowest BCUT2D eigenvalue weighted by Crippen LogP contribution is -2.63. The maximum absolute atomic E-state index is 4.44. The van der Waals surface area contributed by atoms with Gasteiger partial charge in [-0.1, -0.05) is 20.8 Å². The lowest BCUT2D eigenvalue weighted by Gasteiger charge is -2.47. The molecule has 1 N–H and O–H groups in total. The molecular formula is C15H29N5. The van der Waals surface area contributed by atoms with Crippen molar-refractivity contribution in [1.82, 2.24) is 25.0 Å². The Balaban J connectivity index is 2.13. The molecule has 1 fully saturated rings. The Morgan fingerprint density at radius 3 is 2.65 bits per heavy atom. The highest BCUT2D eigenvalue weighted by molar-refractivity contribution is 4.98. The summed E-state index contributed by atoms with van der Waals surface area (Å²) in [6.07, 6.45) is 5.21. The monoisotopic (exact) mass is 279 g/mol. The second-order valence-corrected chi connectivity index (χ2v) is 5.83. The average molecular weight is 279 g/mol. The van der Waals surface area contributed by atoms with Crippen LogP contribution < -0.4 is 5.32 Å². The quantitative estimate of drug-likeness (QED) is 0.865. The zero-order valence-corrected chi connectivity index (χ0v) is 13.4. The van der Waals surface area contributed by atoms with Crippen LogP contribution in [0.4, 0.5) is 0 Å². The van der Waals surface area contributed by atoms with E-state index >= 15 is 0 Å². The van der Waals surface area contributed by atoms with Crippen LogP contribution in [0.3, 0.4) is 0 Å². The van der Waals surface area contributed by atoms with E-state index in [4.69, 9.17) is 0 Å². The predicted octanol–water partition coefficient (Wildman–Crippen LogP) is 2.04. The standard InChI is InChI=1S/C15H29N5/c1-5-13-9-17-15(6-2,7-3)11-19(13)10-14-16-12-18-20(14)8-4/h12-13,17H,5-11H2,1-4H3. The minimum Gasteiger partial charge on any atom is -0.308 e. The van der Waals surface area contributed by atoms with Gasteiger partial charge in [0.15, 0.2) is 0 Å². The van der Waals surface area contributed by atoms with E-state index in [1.165, 1.54) is 19.3 Å².